The lowest BCUT2D eigenvalue weighted by atomic mass is 10.1. The van der Waals surface area contributed by atoms with Crippen molar-refractivity contribution in [3.05, 3.63) is 87.2 Å². The molecule has 0 aromatic heterocycles. The number of halogens is 1. The molecule has 9 heteroatoms. The van der Waals surface area contributed by atoms with Crippen molar-refractivity contribution in [3.63, 3.8) is 0 Å². The third-order valence-electron chi connectivity index (χ3n) is 5.04. The minimum atomic E-state index is -0.295. The Morgan fingerprint density at radius 3 is 2.54 bits per heavy atom. The van der Waals surface area contributed by atoms with Gasteiger partial charge in [-0.3, -0.25) is 14.5 Å². The van der Waals surface area contributed by atoms with Crippen LogP contribution in [-0.2, 0) is 9.59 Å². The van der Waals surface area contributed by atoms with Gasteiger partial charge < -0.3 is 14.8 Å². The Labute approximate surface area is 221 Å². The second-order valence-corrected chi connectivity index (χ2v) is 10.1. The van der Waals surface area contributed by atoms with Crippen molar-refractivity contribution in [1.82, 2.24) is 0 Å². The Bertz CT molecular complexity index is 1310. The van der Waals surface area contributed by atoms with Gasteiger partial charge in [-0.1, -0.05) is 59.9 Å². The summed E-state index contributed by atoms with van der Waals surface area (Å²) < 4.78 is 12.3. The van der Waals surface area contributed by atoms with Crippen molar-refractivity contribution in [2.75, 3.05) is 23.9 Å². The number of benzene rings is 3. The number of anilines is 2. The third-order valence-corrected chi connectivity index (χ3v) is 6.93. The van der Waals surface area contributed by atoms with Crippen LogP contribution in [0.5, 0.6) is 11.5 Å². The van der Waals surface area contributed by atoms with Gasteiger partial charge in [0.1, 0.15) is 0 Å². The fourth-order valence-electron chi connectivity index (χ4n) is 3.35. The molecule has 178 valence electrons. The summed E-state index contributed by atoms with van der Waals surface area (Å²) in [5, 5.41) is 2.80. The number of carbonyl (C=O) groups excluding carboxylic acids is 2. The Morgan fingerprint density at radius 2 is 1.86 bits per heavy atom. The molecule has 0 bridgehead atoms. The van der Waals surface area contributed by atoms with E-state index in [0.29, 0.717) is 30.9 Å². The summed E-state index contributed by atoms with van der Waals surface area (Å²) in [6.45, 7) is 1.78. The smallest absolute Gasteiger partial charge is 0.270 e. The number of nitrogens with one attached hydrogen (secondary N) is 1. The van der Waals surface area contributed by atoms with Gasteiger partial charge in [-0.2, -0.15) is 0 Å². The van der Waals surface area contributed by atoms with Crippen LogP contribution in [0.2, 0.25) is 0 Å². The van der Waals surface area contributed by atoms with E-state index in [-0.39, 0.29) is 18.4 Å². The zero-order valence-electron chi connectivity index (χ0n) is 18.9. The molecular formula is C26H21BrN2O4S2. The molecule has 0 saturated carbocycles. The van der Waals surface area contributed by atoms with Crippen molar-refractivity contribution in [2.45, 2.75) is 6.92 Å². The van der Waals surface area contributed by atoms with Crippen LogP contribution in [0.15, 0.2) is 76.1 Å². The van der Waals surface area contributed by atoms with Crippen LogP contribution in [0.3, 0.4) is 0 Å². The van der Waals surface area contributed by atoms with E-state index in [1.807, 2.05) is 61.5 Å². The summed E-state index contributed by atoms with van der Waals surface area (Å²) in [5.41, 5.74) is 3.25. The maximum Gasteiger partial charge on any atom is 0.270 e. The average molecular weight is 570 g/mol. The molecule has 0 spiro atoms. The number of thiocarbonyl (C=S) groups is 1. The minimum absolute atomic E-state index is 0.186. The molecule has 3 aromatic rings. The lowest BCUT2D eigenvalue weighted by Gasteiger charge is -2.14. The van der Waals surface area contributed by atoms with E-state index in [0.717, 1.165) is 16.8 Å². The van der Waals surface area contributed by atoms with Crippen LogP contribution >= 0.6 is 39.9 Å². The summed E-state index contributed by atoms with van der Waals surface area (Å²) in [6.07, 6.45) is 1.75. The number of nitrogens with zero attached hydrogens (tertiary/aromatic N) is 1. The molecule has 3 aromatic carbocycles. The maximum absolute atomic E-state index is 13.0. The quantitative estimate of drug-likeness (QED) is 0.271. The maximum atomic E-state index is 13.0. The third kappa shape index (κ3) is 5.93. The summed E-state index contributed by atoms with van der Waals surface area (Å²) in [7, 11) is 1.51. The van der Waals surface area contributed by atoms with Gasteiger partial charge in [0.2, 0.25) is 0 Å². The van der Waals surface area contributed by atoms with E-state index in [1.54, 1.807) is 18.2 Å². The summed E-state index contributed by atoms with van der Waals surface area (Å²) in [4.78, 5) is 27.4. The van der Waals surface area contributed by atoms with Gasteiger partial charge >= 0.3 is 0 Å². The van der Waals surface area contributed by atoms with Crippen LogP contribution in [0.4, 0.5) is 11.4 Å². The highest BCUT2D eigenvalue weighted by Gasteiger charge is 2.33. The SMILES string of the molecule is COc1cc(/C=C2/SC(=S)N(c3ccccc3)C2=O)cc(Br)c1OCC(=O)Nc1ccc(C)cc1. The zero-order chi connectivity index (χ0) is 24.9. The molecule has 1 heterocycles. The lowest BCUT2D eigenvalue weighted by molar-refractivity contribution is -0.118. The fourth-order valence-corrected chi connectivity index (χ4v) is 5.23. The average Bonchev–Trinajstić information content (AvgIpc) is 3.12. The number of methoxy groups -OCH3 is 1. The second-order valence-electron chi connectivity index (χ2n) is 7.59. The van der Waals surface area contributed by atoms with E-state index in [9.17, 15) is 9.59 Å². The van der Waals surface area contributed by atoms with Crippen molar-refractivity contribution < 1.29 is 19.1 Å². The molecular weight excluding hydrogens is 548 g/mol. The molecule has 1 aliphatic heterocycles. The first-order valence-corrected chi connectivity index (χ1v) is 12.6. The van der Waals surface area contributed by atoms with Crippen LogP contribution in [0.25, 0.3) is 6.08 Å². The molecule has 1 fully saturated rings. The van der Waals surface area contributed by atoms with Gasteiger partial charge in [0, 0.05) is 5.69 Å². The van der Waals surface area contributed by atoms with E-state index in [2.05, 4.69) is 21.2 Å². The number of amides is 2. The molecule has 35 heavy (non-hydrogen) atoms. The molecule has 1 aliphatic rings. The number of rotatable bonds is 7. The Morgan fingerprint density at radius 1 is 1.14 bits per heavy atom. The molecule has 1 N–H and O–H groups in total. The Balaban J connectivity index is 1.49. The number of para-hydroxylation sites is 1. The predicted octanol–water partition coefficient (Wildman–Crippen LogP) is 6.19. The van der Waals surface area contributed by atoms with Gasteiger partial charge in [-0.25, -0.2) is 0 Å². The molecule has 0 atom stereocenters. The molecule has 6 nitrogen and oxygen atoms in total. The predicted molar refractivity (Wildman–Crippen MR) is 148 cm³/mol. The monoisotopic (exact) mass is 568 g/mol. The van der Waals surface area contributed by atoms with Crippen molar-refractivity contribution in [1.29, 1.82) is 0 Å². The Hall–Kier alpha value is -3.14. The van der Waals surface area contributed by atoms with Gasteiger partial charge in [0.25, 0.3) is 11.8 Å². The number of ether oxygens (including phenoxy) is 2. The second kappa shape index (κ2) is 11.1. The van der Waals surface area contributed by atoms with Crippen LogP contribution < -0.4 is 19.7 Å². The van der Waals surface area contributed by atoms with Gasteiger partial charge in [0.05, 0.1) is 22.2 Å². The van der Waals surface area contributed by atoms with Crippen LogP contribution in [0, 0.1) is 6.92 Å². The first-order valence-electron chi connectivity index (χ1n) is 10.6. The normalized spacial score (nSPS) is 14.4. The van der Waals surface area contributed by atoms with Gasteiger partial charge in [-0.15, -0.1) is 0 Å². The highest BCUT2D eigenvalue weighted by Crippen LogP contribution is 2.40. The Kier molecular flexibility index (Phi) is 7.90. The van der Waals surface area contributed by atoms with Crippen molar-refractivity contribution in [2.24, 2.45) is 0 Å². The van der Waals surface area contributed by atoms with Crippen molar-refractivity contribution in [3.8, 4) is 11.5 Å². The first kappa shape index (κ1) is 25.0. The zero-order valence-corrected chi connectivity index (χ0v) is 22.1. The summed E-state index contributed by atoms with van der Waals surface area (Å²) in [5.74, 6) is 0.332. The lowest BCUT2D eigenvalue weighted by Crippen LogP contribution is -2.27. The molecule has 0 aliphatic carbocycles. The number of thioether (sulfide) groups is 1. The van der Waals surface area contributed by atoms with Gasteiger partial charge in [0.15, 0.2) is 22.4 Å². The first-order chi connectivity index (χ1) is 16.9. The highest BCUT2D eigenvalue weighted by molar-refractivity contribution is 9.10. The van der Waals surface area contributed by atoms with E-state index < -0.39 is 0 Å². The molecule has 2 amide bonds. The molecule has 4 rings (SSSR count). The highest BCUT2D eigenvalue weighted by atomic mass is 79.9. The number of aryl methyl sites for hydroxylation is 1. The molecule has 0 radical (unpaired) electrons. The van der Waals surface area contributed by atoms with Gasteiger partial charge in [-0.05, 0) is 70.9 Å². The molecule has 1 saturated heterocycles. The fraction of sp³-hybridized carbons (Fsp3) is 0.115. The number of carbonyl (C=O) groups is 2. The molecule has 0 unspecified atom stereocenters. The van der Waals surface area contributed by atoms with Crippen molar-refractivity contribution >= 4 is 73.5 Å². The number of hydrogen-bond donors (Lipinski definition) is 1. The van der Waals surface area contributed by atoms with E-state index in [1.165, 1.54) is 23.8 Å². The largest absolute Gasteiger partial charge is 0.493 e. The summed E-state index contributed by atoms with van der Waals surface area (Å²) >= 11 is 10.2. The summed E-state index contributed by atoms with van der Waals surface area (Å²) in [6, 6.07) is 20.3. The van der Waals surface area contributed by atoms with E-state index >= 15 is 0 Å². The standard InChI is InChI=1S/C26H21BrN2O4S2/c1-16-8-10-18(11-9-16)28-23(30)15-33-24-20(27)12-17(13-21(24)32-2)14-22-25(31)29(26(34)35-22)19-6-4-3-5-7-19/h3-14H,15H2,1-2H3,(H,28,30)/b22-14+. The topological polar surface area (TPSA) is 67.9 Å². The van der Waals surface area contributed by atoms with E-state index in [4.69, 9.17) is 21.7 Å². The van der Waals surface area contributed by atoms with Crippen LogP contribution in [0.1, 0.15) is 11.1 Å². The van der Waals surface area contributed by atoms with Crippen LogP contribution in [-0.4, -0.2) is 29.9 Å². The minimum Gasteiger partial charge on any atom is -0.493 e. The number of hydrogen-bond acceptors (Lipinski definition) is 6.